The molecule has 0 bridgehead atoms. The molecule has 1 aliphatic heterocycles. The number of thiophene rings is 1. The monoisotopic (exact) mass is 408 g/mol. The molecule has 1 aromatic carbocycles. The maximum absolute atomic E-state index is 12.8. The molecule has 5 rings (SSSR count). The van der Waals surface area contributed by atoms with Gasteiger partial charge in [0.1, 0.15) is 10.7 Å². The number of aromatic amines is 1. The van der Waals surface area contributed by atoms with Crippen LogP contribution in [0, 0.1) is 0 Å². The van der Waals surface area contributed by atoms with Crippen LogP contribution in [0.15, 0.2) is 35.1 Å². The van der Waals surface area contributed by atoms with Crippen LogP contribution in [-0.4, -0.2) is 45.9 Å². The van der Waals surface area contributed by atoms with E-state index in [9.17, 15) is 4.79 Å². The van der Waals surface area contributed by atoms with Crippen LogP contribution >= 0.6 is 11.3 Å². The van der Waals surface area contributed by atoms with Gasteiger partial charge in [0.25, 0.3) is 5.56 Å². The quantitative estimate of drug-likeness (QED) is 0.715. The first kappa shape index (κ1) is 19.0. The zero-order valence-electron chi connectivity index (χ0n) is 17.0. The highest BCUT2D eigenvalue weighted by atomic mass is 32.1. The molecule has 6 heteroatoms. The Labute approximate surface area is 175 Å². The molecular weight excluding hydrogens is 380 g/mol. The van der Waals surface area contributed by atoms with Crippen molar-refractivity contribution in [1.29, 1.82) is 0 Å². The largest absolute Gasteiger partial charge is 0.309 e. The third-order valence-corrected chi connectivity index (χ3v) is 7.67. The molecule has 3 aromatic rings. The van der Waals surface area contributed by atoms with Crippen LogP contribution in [0.2, 0.25) is 0 Å². The third-order valence-electron chi connectivity index (χ3n) is 6.48. The van der Waals surface area contributed by atoms with Crippen molar-refractivity contribution in [3.63, 3.8) is 0 Å². The Balaban J connectivity index is 1.27. The fourth-order valence-corrected chi connectivity index (χ4v) is 6.03. The Hall–Kier alpha value is -2.02. The third kappa shape index (κ3) is 3.77. The van der Waals surface area contributed by atoms with Crippen molar-refractivity contribution in [1.82, 2.24) is 19.8 Å². The van der Waals surface area contributed by atoms with Crippen LogP contribution in [0.3, 0.4) is 0 Å². The summed E-state index contributed by atoms with van der Waals surface area (Å²) in [6, 6.07) is 11.2. The van der Waals surface area contributed by atoms with Crippen molar-refractivity contribution in [2.45, 2.75) is 45.2 Å². The van der Waals surface area contributed by atoms with Gasteiger partial charge in [-0.15, -0.1) is 11.3 Å². The first-order chi connectivity index (χ1) is 14.2. The maximum Gasteiger partial charge on any atom is 0.259 e. The van der Waals surface area contributed by atoms with E-state index in [2.05, 4.69) is 52.0 Å². The molecule has 0 spiro atoms. The highest BCUT2D eigenvalue weighted by molar-refractivity contribution is 7.18. The summed E-state index contributed by atoms with van der Waals surface area (Å²) in [6.45, 7) is 7.09. The summed E-state index contributed by atoms with van der Waals surface area (Å²) in [5, 5.41) is 0.856. The molecule has 1 aliphatic carbocycles. The summed E-state index contributed by atoms with van der Waals surface area (Å²) < 4.78 is 0. The number of rotatable bonds is 4. The lowest BCUT2D eigenvalue weighted by Gasteiger charge is -2.38. The fourth-order valence-electron chi connectivity index (χ4n) is 4.75. The number of nitrogens with one attached hydrogen (secondary N) is 1. The Morgan fingerprint density at radius 3 is 2.66 bits per heavy atom. The van der Waals surface area contributed by atoms with E-state index >= 15 is 0 Å². The van der Waals surface area contributed by atoms with Gasteiger partial charge in [0.05, 0.1) is 11.9 Å². The summed E-state index contributed by atoms with van der Waals surface area (Å²) in [4.78, 5) is 27.9. The maximum atomic E-state index is 12.8. The zero-order chi connectivity index (χ0) is 19.8. The van der Waals surface area contributed by atoms with E-state index in [4.69, 9.17) is 4.98 Å². The first-order valence-corrected chi connectivity index (χ1v) is 11.6. The number of benzene rings is 1. The van der Waals surface area contributed by atoms with Crippen LogP contribution in [0.5, 0.6) is 0 Å². The van der Waals surface area contributed by atoms with Gasteiger partial charge in [-0.3, -0.25) is 14.6 Å². The minimum absolute atomic E-state index is 0.0562. The molecule has 1 N–H and O–H groups in total. The number of hydrogen-bond acceptors (Lipinski definition) is 5. The van der Waals surface area contributed by atoms with Crippen LogP contribution in [0.4, 0.5) is 0 Å². The SMILES string of the molecule is C[C@@H](c1ccccc1)N1CCN(Cc2nc3sc4c(c3c(=O)[nH]2)CCCC4)CC1. The highest BCUT2D eigenvalue weighted by Crippen LogP contribution is 2.33. The van der Waals surface area contributed by atoms with E-state index in [1.165, 1.54) is 28.8 Å². The predicted octanol–water partition coefficient (Wildman–Crippen LogP) is 3.74. The Kier molecular flexibility index (Phi) is 5.24. The lowest BCUT2D eigenvalue weighted by atomic mass is 9.97. The molecule has 1 fully saturated rings. The zero-order valence-corrected chi connectivity index (χ0v) is 17.8. The van der Waals surface area contributed by atoms with Gasteiger partial charge in [0, 0.05) is 37.1 Å². The molecule has 2 aliphatic rings. The van der Waals surface area contributed by atoms with E-state index in [0.717, 1.165) is 61.6 Å². The minimum Gasteiger partial charge on any atom is -0.309 e. The number of fused-ring (bicyclic) bond motifs is 3. The predicted molar refractivity (Wildman–Crippen MR) is 119 cm³/mol. The topological polar surface area (TPSA) is 52.2 Å². The van der Waals surface area contributed by atoms with Gasteiger partial charge in [0.2, 0.25) is 0 Å². The van der Waals surface area contributed by atoms with Gasteiger partial charge in [-0.2, -0.15) is 0 Å². The molecule has 0 amide bonds. The van der Waals surface area contributed by atoms with Crippen LogP contribution < -0.4 is 5.56 Å². The average molecular weight is 409 g/mol. The smallest absolute Gasteiger partial charge is 0.259 e. The second-order valence-corrected chi connectivity index (χ2v) is 9.39. The van der Waals surface area contributed by atoms with Crippen molar-refractivity contribution in [3.8, 4) is 0 Å². The molecule has 0 unspecified atom stereocenters. The molecular formula is C23H28N4OS. The van der Waals surface area contributed by atoms with E-state index in [1.54, 1.807) is 11.3 Å². The van der Waals surface area contributed by atoms with Crippen molar-refractivity contribution < 1.29 is 0 Å². The van der Waals surface area contributed by atoms with Gasteiger partial charge in [-0.25, -0.2) is 4.98 Å². The first-order valence-electron chi connectivity index (χ1n) is 10.7. The molecule has 0 radical (unpaired) electrons. The van der Waals surface area contributed by atoms with Crippen LogP contribution in [0.25, 0.3) is 10.2 Å². The van der Waals surface area contributed by atoms with E-state index in [-0.39, 0.29) is 5.56 Å². The van der Waals surface area contributed by atoms with Crippen molar-refractivity contribution in [2.24, 2.45) is 0 Å². The molecule has 152 valence electrons. The molecule has 29 heavy (non-hydrogen) atoms. The van der Waals surface area contributed by atoms with Gasteiger partial charge in [-0.05, 0) is 43.7 Å². The van der Waals surface area contributed by atoms with E-state index in [1.807, 2.05) is 0 Å². The van der Waals surface area contributed by atoms with Crippen molar-refractivity contribution in [3.05, 3.63) is 62.5 Å². The molecule has 1 saturated heterocycles. The summed E-state index contributed by atoms with van der Waals surface area (Å²) in [5.41, 5.74) is 2.69. The average Bonchev–Trinajstić information content (AvgIpc) is 3.13. The number of piperazine rings is 1. The number of aromatic nitrogens is 2. The minimum atomic E-state index is 0.0562. The second kappa shape index (κ2) is 8.01. The van der Waals surface area contributed by atoms with Gasteiger partial charge < -0.3 is 4.98 Å². The molecule has 3 heterocycles. The molecule has 2 aromatic heterocycles. The lowest BCUT2D eigenvalue weighted by Crippen LogP contribution is -2.46. The summed E-state index contributed by atoms with van der Waals surface area (Å²) >= 11 is 1.73. The normalized spacial score (nSPS) is 19.3. The van der Waals surface area contributed by atoms with E-state index in [0.29, 0.717) is 6.04 Å². The number of nitrogens with zero attached hydrogens (tertiary/aromatic N) is 3. The van der Waals surface area contributed by atoms with Crippen molar-refractivity contribution in [2.75, 3.05) is 26.2 Å². The van der Waals surface area contributed by atoms with Gasteiger partial charge in [-0.1, -0.05) is 30.3 Å². The summed E-state index contributed by atoms with van der Waals surface area (Å²) in [7, 11) is 0. The summed E-state index contributed by atoms with van der Waals surface area (Å²) in [5.74, 6) is 0.811. The fraction of sp³-hybridized carbons (Fsp3) is 0.478. The lowest BCUT2D eigenvalue weighted by molar-refractivity contribution is 0.0962. The molecule has 0 saturated carbocycles. The molecule has 5 nitrogen and oxygen atoms in total. The molecule has 1 atom stereocenters. The standard InChI is InChI=1S/C23H28N4OS/c1-16(17-7-3-2-4-8-17)27-13-11-26(12-14-27)15-20-24-22(28)21-18-9-5-6-10-19(18)29-23(21)25-20/h2-4,7-8,16H,5-6,9-15H2,1H3,(H,24,25,28)/t16-/m0/s1. The highest BCUT2D eigenvalue weighted by Gasteiger charge is 2.24. The van der Waals surface area contributed by atoms with Crippen molar-refractivity contribution >= 4 is 21.6 Å². The Morgan fingerprint density at radius 1 is 1.10 bits per heavy atom. The number of aryl methyl sites for hydroxylation is 2. The Bertz CT molecular complexity index is 1050. The van der Waals surface area contributed by atoms with Gasteiger partial charge >= 0.3 is 0 Å². The Morgan fingerprint density at radius 2 is 1.86 bits per heavy atom. The van der Waals surface area contributed by atoms with Crippen LogP contribution in [-0.2, 0) is 19.4 Å². The van der Waals surface area contributed by atoms with Crippen LogP contribution in [0.1, 0.15) is 47.6 Å². The van der Waals surface area contributed by atoms with E-state index < -0.39 is 0 Å². The summed E-state index contributed by atoms with van der Waals surface area (Å²) in [6.07, 6.45) is 4.55. The number of hydrogen-bond donors (Lipinski definition) is 1. The second-order valence-electron chi connectivity index (χ2n) is 8.30. The number of H-pyrrole nitrogens is 1. The van der Waals surface area contributed by atoms with Gasteiger partial charge in [0.15, 0.2) is 0 Å².